The minimum absolute atomic E-state index is 0.0106. The van der Waals surface area contributed by atoms with Crippen molar-refractivity contribution in [3.63, 3.8) is 0 Å². The van der Waals surface area contributed by atoms with Gasteiger partial charge in [-0.1, -0.05) is 29.8 Å². The van der Waals surface area contributed by atoms with Crippen LogP contribution in [0.5, 0.6) is 17.2 Å². The van der Waals surface area contributed by atoms with Gasteiger partial charge < -0.3 is 55.2 Å². The Morgan fingerprint density at radius 2 is 1.65 bits per heavy atom. The summed E-state index contributed by atoms with van der Waals surface area (Å²) in [4.78, 5) is 88.6. The summed E-state index contributed by atoms with van der Waals surface area (Å²) in [6.45, 7) is 0.461. The van der Waals surface area contributed by atoms with Crippen molar-refractivity contribution in [2.45, 2.75) is 37.3 Å². The number of nitrogens with zero attached hydrogens (tertiary/aromatic N) is 3. The van der Waals surface area contributed by atoms with Gasteiger partial charge in [0, 0.05) is 32.2 Å². The average Bonchev–Trinajstić information content (AvgIpc) is 3.53. The number of phenols is 2. The van der Waals surface area contributed by atoms with Crippen molar-refractivity contribution in [3.8, 4) is 17.2 Å². The van der Waals surface area contributed by atoms with Crippen LogP contribution in [0.1, 0.15) is 50.7 Å². The van der Waals surface area contributed by atoms with Gasteiger partial charge in [0.2, 0.25) is 5.91 Å². The molecule has 3 aromatic rings. The Hall–Kier alpha value is -5.40. The number of urea groups is 2. The van der Waals surface area contributed by atoms with Crippen molar-refractivity contribution in [2.24, 2.45) is 0 Å². The molecule has 6 amide bonds. The number of amides is 6. The van der Waals surface area contributed by atoms with E-state index in [1.54, 1.807) is 0 Å². The number of phenolic OH excluding ortho intramolecular Hbond substituents is 2. The number of carboxylic acids is 1. The lowest BCUT2D eigenvalue weighted by Gasteiger charge is -2.36. The molecule has 3 heterocycles. The molecular weight excluding hydrogens is 771 g/mol. The number of likely N-dealkylation sites (tertiary alicyclic amines) is 1. The molecule has 22 heteroatoms. The largest absolute Gasteiger partial charge is 0.547 e. The number of carbonyl (C=O) groups is 5. The second-order valence-corrected chi connectivity index (χ2v) is 15.0. The van der Waals surface area contributed by atoms with Crippen LogP contribution in [0.4, 0.5) is 14.0 Å². The number of aromatic hydroxyl groups is 2. The minimum atomic E-state index is -4.69. The van der Waals surface area contributed by atoms with Gasteiger partial charge in [-0.3, -0.25) is 14.2 Å². The van der Waals surface area contributed by atoms with Crippen molar-refractivity contribution >= 4 is 61.5 Å². The highest BCUT2D eigenvalue weighted by Gasteiger charge is 2.43. The van der Waals surface area contributed by atoms with Crippen molar-refractivity contribution in [3.05, 3.63) is 81.6 Å². The first kappa shape index (κ1) is 39.3. The van der Waals surface area contributed by atoms with Gasteiger partial charge in [-0.15, -0.1) is 0 Å². The SMILES string of the molecule is O=C(O)c1c(F)ccc2c1OB(O)[C@@H](NC(=O)C(NC(=O)N1CCN(C3CCN(C(=O)c4ccc(O)c(O)c4Cl)CC3)C1=O)c1ccc(P(=O)(O)O)cc1)C2. The molecule has 0 bridgehead atoms. The van der Waals surface area contributed by atoms with Gasteiger partial charge in [0.25, 0.3) is 5.91 Å². The van der Waals surface area contributed by atoms with Gasteiger partial charge in [-0.2, -0.15) is 0 Å². The minimum Gasteiger partial charge on any atom is -0.534 e. The van der Waals surface area contributed by atoms with E-state index >= 15 is 0 Å². The molecule has 0 spiro atoms. The summed E-state index contributed by atoms with van der Waals surface area (Å²) in [7, 11) is -6.55. The first-order chi connectivity index (χ1) is 26.0. The summed E-state index contributed by atoms with van der Waals surface area (Å²) >= 11 is 6.07. The van der Waals surface area contributed by atoms with Crippen LogP contribution in [-0.2, 0) is 15.8 Å². The number of benzene rings is 3. The van der Waals surface area contributed by atoms with Crippen LogP contribution in [0.15, 0.2) is 48.5 Å². The van der Waals surface area contributed by atoms with Crippen molar-refractivity contribution in [2.75, 3.05) is 26.2 Å². The molecule has 0 radical (unpaired) electrons. The van der Waals surface area contributed by atoms with Crippen LogP contribution in [0.2, 0.25) is 5.02 Å². The molecule has 8 N–H and O–H groups in total. The van der Waals surface area contributed by atoms with Crippen LogP contribution in [0, 0.1) is 5.82 Å². The number of piperidine rings is 1. The standard InChI is InChI=1S/C33H33BClFN5O13P/c35-25-20(6-8-22(42)27(25)43)30(45)39-11-9-18(10-12-39)40-13-14-41(33(40)49)32(48)38-26(16-1-4-19(5-2-16)55(51,52)53)29(44)37-23-15-17-3-7-21(36)24(31(46)47)28(17)54-34(23)50/h1-8,18,23,26,42-43,50H,9-15H2,(H,37,44)(H,38,48)(H,46,47)(H2,51,52,53)/t23-,26?/m0/s1. The van der Waals surface area contributed by atoms with Gasteiger partial charge >= 0.3 is 32.7 Å². The van der Waals surface area contributed by atoms with E-state index in [2.05, 4.69) is 10.6 Å². The third-order valence-corrected chi connectivity index (χ3v) is 11.0. The van der Waals surface area contributed by atoms with E-state index in [1.165, 1.54) is 34.1 Å². The Bertz CT molecular complexity index is 2120. The summed E-state index contributed by atoms with van der Waals surface area (Å²) in [5.74, 6) is -6.93. The number of carboxylic acid groups (broad SMARTS) is 1. The van der Waals surface area contributed by atoms with Crippen molar-refractivity contribution in [1.82, 2.24) is 25.3 Å². The first-order valence-electron chi connectivity index (χ1n) is 16.7. The molecule has 2 fully saturated rings. The Kier molecular flexibility index (Phi) is 11.0. The Balaban J connectivity index is 1.15. The van der Waals surface area contributed by atoms with Gasteiger partial charge in [-0.25, -0.2) is 23.7 Å². The fraction of sp³-hybridized carbons (Fsp3) is 0.303. The predicted octanol–water partition coefficient (Wildman–Crippen LogP) is 1.32. The molecule has 2 saturated heterocycles. The number of imide groups is 1. The van der Waals surface area contributed by atoms with E-state index in [-0.39, 0.29) is 65.7 Å². The normalized spacial score (nSPS) is 18.1. The summed E-state index contributed by atoms with van der Waals surface area (Å²) in [6.07, 6.45) is 0.456. The van der Waals surface area contributed by atoms with Gasteiger partial charge in [-0.05, 0) is 60.7 Å². The summed E-state index contributed by atoms with van der Waals surface area (Å²) < 4.78 is 31.3. The maximum atomic E-state index is 14.2. The van der Waals surface area contributed by atoms with Crippen LogP contribution in [0.25, 0.3) is 0 Å². The predicted molar refractivity (Wildman–Crippen MR) is 190 cm³/mol. The van der Waals surface area contributed by atoms with E-state index in [0.717, 1.165) is 29.2 Å². The van der Waals surface area contributed by atoms with Gasteiger partial charge in [0.15, 0.2) is 11.5 Å². The number of rotatable bonds is 8. The molecule has 0 aliphatic carbocycles. The maximum Gasteiger partial charge on any atom is 0.547 e. The van der Waals surface area contributed by atoms with Gasteiger partial charge in [0.1, 0.15) is 23.2 Å². The fourth-order valence-electron chi connectivity index (χ4n) is 6.74. The molecular formula is C33H33BClFN5O13P. The number of hydrogen-bond acceptors (Lipinski definition) is 10. The quantitative estimate of drug-likeness (QED) is 0.0909. The Labute approximate surface area is 316 Å². The highest BCUT2D eigenvalue weighted by molar-refractivity contribution is 7.60. The van der Waals surface area contributed by atoms with E-state index in [1.807, 2.05) is 0 Å². The van der Waals surface area contributed by atoms with Gasteiger partial charge in [0.05, 0.1) is 21.8 Å². The number of carbonyl (C=O) groups excluding carboxylic acids is 4. The molecule has 0 aromatic heterocycles. The molecule has 18 nitrogen and oxygen atoms in total. The molecule has 0 saturated carbocycles. The lowest BCUT2D eigenvalue weighted by atomic mass is 9.72. The van der Waals surface area contributed by atoms with E-state index in [4.69, 9.17) is 16.3 Å². The second kappa shape index (κ2) is 15.4. The number of aromatic carboxylic acids is 1. The average molecular weight is 804 g/mol. The van der Waals surface area contributed by atoms with E-state index in [0.29, 0.717) is 12.8 Å². The molecule has 3 aromatic carbocycles. The second-order valence-electron chi connectivity index (χ2n) is 13.0. The summed E-state index contributed by atoms with van der Waals surface area (Å²) in [6, 6.07) is 5.38. The first-order valence-corrected chi connectivity index (χ1v) is 18.7. The molecule has 6 rings (SSSR count). The smallest absolute Gasteiger partial charge is 0.534 e. The number of hydrogen-bond donors (Lipinski definition) is 8. The zero-order valence-electron chi connectivity index (χ0n) is 28.5. The van der Waals surface area contributed by atoms with Crippen LogP contribution in [-0.4, -0.2) is 120 Å². The summed E-state index contributed by atoms with van der Waals surface area (Å²) in [5.41, 5.74) is -0.626. The van der Waals surface area contributed by atoms with Crippen LogP contribution < -0.4 is 20.6 Å². The number of halogens is 2. The highest BCUT2D eigenvalue weighted by atomic mass is 35.5. The Morgan fingerprint density at radius 3 is 2.29 bits per heavy atom. The lowest BCUT2D eigenvalue weighted by molar-refractivity contribution is -0.123. The molecule has 3 aliphatic heterocycles. The number of fused-ring (bicyclic) bond motifs is 1. The zero-order chi connectivity index (χ0) is 39.9. The lowest BCUT2D eigenvalue weighted by Crippen LogP contribution is -2.56. The zero-order valence-corrected chi connectivity index (χ0v) is 30.1. The molecule has 2 atom stereocenters. The molecule has 3 aliphatic rings. The molecule has 290 valence electrons. The van der Waals surface area contributed by atoms with E-state index < -0.39 is 85.2 Å². The fourth-order valence-corrected chi connectivity index (χ4v) is 7.52. The number of nitrogens with one attached hydrogen (secondary N) is 2. The van der Waals surface area contributed by atoms with Crippen LogP contribution in [0.3, 0.4) is 0 Å². The van der Waals surface area contributed by atoms with Crippen LogP contribution >= 0.6 is 19.2 Å². The van der Waals surface area contributed by atoms with Crippen molar-refractivity contribution in [1.29, 1.82) is 0 Å². The Morgan fingerprint density at radius 1 is 0.982 bits per heavy atom. The third kappa shape index (κ3) is 7.90. The monoisotopic (exact) mass is 803 g/mol. The topological polar surface area (TPSA) is 267 Å². The van der Waals surface area contributed by atoms with Crippen molar-refractivity contribution < 1.29 is 67.7 Å². The third-order valence-electron chi connectivity index (χ3n) is 9.65. The highest BCUT2D eigenvalue weighted by Crippen LogP contribution is 2.37. The molecule has 1 unspecified atom stereocenters. The maximum absolute atomic E-state index is 14.2. The van der Waals surface area contributed by atoms with E-state index in [9.17, 15) is 63.1 Å². The summed E-state index contributed by atoms with van der Waals surface area (Å²) in [5, 5.41) is 44.0. The molecule has 55 heavy (non-hydrogen) atoms.